The molecule has 0 aliphatic heterocycles. The fourth-order valence-electron chi connectivity index (χ4n) is 3.19. The van der Waals surface area contributed by atoms with Crippen molar-refractivity contribution in [2.75, 3.05) is 36.8 Å². The van der Waals surface area contributed by atoms with Gasteiger partial charge in [0.25, 0.3) is 5.91 Å². The van der Waals surface area contributed by atoms with E-state index in [1.54, 1.807) is 24.0 Å². The summed E-state index contributed by atoms with van der Waals surface area (Å²) in [6.45, 7) is 8.81. The largest absolute Gasteiger partial charge is 0.302 e. The summed E-state index contributed by atoms with van der Waals surface area (Å²) in [5.74, 6) is -0.164. The lowest BCUT2D eigenvalue weighted by Gasteiger charge is -2.24. The van der Waals surface area contributed by atoms with Gasteiger partial charge in [-0.15, -0.1) is 12.4 Å². The van der Waals surface area contributed by atoms with Gasteiger partial charge in [-0.05, 0) is 55.6 Å². The van der Waals surface area contributed by atoms with E-state index in [0.29, 0.717) is 17.2 Å². The molecule has 0 aliphatic rings. The first kappa shape index (κ1) is 26.7. The van der Waals surface area contributed by atoms with Crippen LogP contribution in [0, 0.1) is 0 Å². The van der Waals surface area contributed by atoms with Crippen molar-refractivity contribution in [1.29, 1.82) is 0 Å². The number of hydrogen-bond donors (Lipinski definition) is 0. The molecule has 0 aliphatic carbocycles. The van der Waals surface area contributed by atoms with E-state index >= 15 is 0 Å². The molecule has 6 nitrogen and oxygen atoms in total. The van der Waals surface area contributed by atoms with Gasteiger partial charge in [0.15, 0.2) is 15.0 Å². The molecule has 174 valence electrons. The Morgan fingerprint density at radius 2 is 1.69 bits per heavy atom. The van der Waals surface area contributed by atoms with Gasteiger partial charge in [-0.3, -0.25) is 9.69 Å². The summed E-state index contributed by atoms with van der Waals surface area (Å²) in [7, 11) is -3.31. The van der Waals surface area contributed by atoms with Gasteiger partial charge in [0.05, 0.1) is 20.9 Å². The van der Waals surface area contributed by atoms with Crippen molar-refractivity contribution in [1.82, 2.24) is 9.88 Å². The molecule has 2 aromatic carbocycles. The van der Waals surface area contributed by atoms with Gasteiger partial charge >= 0.3 is 0 Å². The third-order valence-corrected chi connectivity index (χ3v) is 8.47. The zero-order valence-corrected chi connectivity index (χ0v) is 22.3. The van der Waals surface area contributed by atoms with Gasteiger partial charge in [0, 0.05) is 23.1 Å². The Balaban J connectivity index is 0.00000363. The summed E-state index contributed by atoms with van der Waals surface area (Å²) in [6, 6.07) is 12.0. The summed E-state index contributed by atoms with van der Waals surface area (Å²) < 4.78 is 26.1. The first-order chi connectivity index (χ1) is 14.8. The van der Waals surface area contributed by atoms with E-state index in [4.69, 9.17) is 0 Å². The van der Waals surface area contributed by atoms with Crippen molar-refractivity contribution in [3.63, 3.8) is 0 Å². The monoisotopic (exact) mass is 559 g/mol. The van der Waals surface area contributed by atoms with Crippen LogP contribution in [-0.4, -0.2) is 56.1 Å². The van der Waals surface area contributed by atoms with E-state index < -0.39 is 9.84 Å². The fourth-order valence-corrected chi connectivity index (χ4v) is 5.62. The Labute approximate surface area is 208 Å². The maximum atomic E-state index is 13.4. The van der Waals surface area contributed by atoms with Gasteiger partial charge in [0.1, 0.15) is 0 Å². The van der Waals surface area contributed by atoms with Crippen LogP contribution in [0.15, 0.2) is 51.8 Å². The molecular weight excluding hydrogens is 534 g/mol. The number of amides is 1. The Bertz CT molecular complexity index is 1160. The number of rotatable bonds is 9. The molecule has 32 heavy (non-hydrogen) atoms. The Kier molecular flexibility index (Phi) is 9.66. The highest BCUT2D eigenvalue weighted by Crippen LogP contribution is 2.31. The minimum absolute atomic E-state index is 0. The van der Waals surface area contributed by atoms with Crippen molar-refractivity contribution in [2.45, 2.75) is 25.7 Å². The van der Waals surface area contributed by atoms with Gasteiger partial charge in [-0.25, -0.2) is 13.4 Å². The lowest BCUT2D eigenvalue weighted by Crippen LogP contribution is -2.38. The Hall–Kier alpha value is -1.52. The topological polar surface area (TPSA) is 70.6 Å². The second kappa shape index (κ2) is 11.6. The highest BCUT2D eigenvalue weighted by Gasteiger charge is 2.23. The van der Waals surface area contributed by atoms with Crippen LogP contribution >= 0.6 is 39.7 Å². The number of sulfone groups is 1. The molecule has 0 unspecified atom stereocenters. The maximum Gasteiger partial charge on any atom is 0.260 e. The van der Waals surface area contributed by atoms with E-state index in [1.165, 1.54) is 23.5 Å². The zero-order valence-electron chi connectivity index (χ0n) is 18.2. The van der Waals surface area contributed by atoms with Crippen LogP contribution in [0.1, 0.15) is 31.1 Å². The summed E-state index contributed by atoms with van der Waals surface area (Å²) in [5.41, 5.74) is 1.28. The molecule has 3 aromatic rings. The third-order valence-electron chi connectivity index (χ3n) is 5.19. The van der Waals surface area contributed by atoms with Gasteiger partial charge < -0.3 is 4.90 Å². The van der Waals surface area contributed by atoms with Crippen LogP contribution in [-0.2, 0) is 9.84 Å². The molecule has 0 radical (unpaired) electrons. The molecule has 0 saturated heterocycles. The molecule has 3 rings (SSSR count). The van der Waals surface area contributed by atoms with Crippen LogP contribution < -0.4 is 4.90 Å². The smallest absolute Gasteiger partial charge is 0.260 e. The van der Waals surface area contributed by atoms with E-state index in [9.17, 15) is 13.2 Å². The molecule has 0 atom stereocenters. The predicted molar refractivity (Wildman–Crippen MR) is 138 cm³/mol. The maximum absolute atomic E-state index is 13.4. The van der Waals surface area contributed by atoms with Gasteiger partial charge in [-0.1, -0.05) is 48.0 Å². The number of nitrogens with zero attached hydrogens (tertiary/aromatic N) is 3. The molecule has 1 amide bonds. The number of halogens is 2. The number of fused-ring (bicyclic) bond motifs is 1. The van der Waals surface area contributed by atoms with E-state index in [0.717, 1.165) is 34.3 Å². The third kappa shape index (κ3) is 6.08. The fraction of sp³-hybridized carbons (Fsp3) is 0.364. The van der Waals surface area contributed by atoms with Crippen LogP contribution in [0.2, 0.25) is 0 Å². The number of carbonyl (C=O) groups excluding carboxylic acids is 1. The van der Waals surface area contributed by atoms with Crippen LogP contribution in [0.3, 0.4) is 0 Å². The number of carbonyl (C=O) groups is 1. The highest BCUT2D eigenvalue weighted by molar-refractivity contribution is 9.10. The summed E-state index contributed by atoms with van der Waals surface area (Å²) in [4.78, 5) is 22.3. The molecule has 0 saturated carbocycles. The number of hydrogen-bond acceptors (Lipinski definition) is 6. The second-order valence-electron chi connectivity index (χ2n) is 7.02. The van der Waals surface area contributed by atoms with E-state index in [1.807, 2.05) is 18.2 Å². The summed E-state index contributed by atoms with van der Waals surface area (Å²) in [5, 5.41) is 0.635. The minimum atomic E-state index is -3.31. The first-order valence-corrected chi connectivity index (χ1v) is 13.5. The van der Waals surface area contributed by atoms with Crippen molar-refractivity contribution in [3.05, 3.63) is 52.5 Å². The summed E-state index contributed by atoms with van der Waals surface area (Å²) >= 11 is 4.95. The lowest BCUT2D eigenvalue weighted by molar-refractivity contribution is 0.0983. The summed E-state index contributed by atoms with van der Waals surface area (Å²) in [6.07, 6.45) is 0. The first-order valence-electron chi connectivity index (χ1n) is 10.2. The van der Waals surface area contributed by atoms with Crippen LogP contribution in [0.4, 0.5) is 5.13 Å². The molecule has 0 fully saturated rings. The zero-order chi connectivity index (χ0) is 22.6. The average Bonchev–Trinajstić information content (AvgIpc) is 3.19. The van der Waals surface area contributed by atoms with Crippen molar-refractivity contribution in [2.24, 2.45) is 0 Å². The number of benzene rings is 2. The molecular formula is C22H27BrClN3O3S2. The quantitative estimate of drug-likeness (QED) is 0.357. The average molecular weight is 561 g/mol. The molecule has 0 bridgehead atoms. The van der Waals surface area contributed by atoms with Gasteiger partial charge in [-0.2, -0.15) is 0 Å². The normalized spacial score (nSPS) is 11.5. The number of anilines is 1. The van der Waals surface area contributed by atoms with Crippen molar-refractivity contribution < 1.29 is 13.2 Å². The van der Waals surface area contributed by atoms with Gasteiger partial charge in [0.2, 0.25) is 0 Å². The predicted octanol–water partition coefficient (Wildman–Crippen LogP) is 5.26. The van der Waals surface area contributed by atoms with Crippen LogP contribution in [0.5, 0.6) is 0 Å². The highest BCUT2D eigenvalue weighted by atomic mass is 79.9. The standard InChI is InChI=1S/C22H26BrN3O3S2.ClH/c1-4-25(5-2)13-14-26(22-24-19-12-9-17(23)15-20(19)30-22)21(27)16-7-10-18(11-8-16)31(28,29)6-3;/h7-12,15H,4-6,13-14H2,1-3H3;1H. The molecule has 10 heteroatoms. The molecule has 0 N–H and O–H groups in total. The van der Waals surface area contributed by atoms with E-state index in [-0.39, 0.29) is 29.0 Å². The van der Waals surface area contributed by atoms with E-state index in [2.05, 4.69) is 39.7 Å². The lowest BCUT2D eigenvalue weighted by atomic mass is 10.2. The number of thiazole rings is 1. The SMILES string of the molecule is CCN(CC)CCN(C(=O)c1ccc(S(=O)(=O)CC)cc1)c1nc2ccc(Br)cc2s1.Cl. The minimum Gasteiger partial charge on any atom is -0.302 e. The number of likely N-dealkylation sites (N-methyl/N-ethyl adjacent to an activating group) is 1. The van der Waals surface area contributed by atoms with Crippen molar-refractivity contribution >= 4 is 70.8 Å². The molecule has 1 heterocycles. The second-order valence-corrected chi connectivity index (χ2v) is 11.2. The number of aromatic nitrogens is 1. The van der Waals surface area contributed by atoms with Crippen molar-refractivity contribution in [3.8, 4) is 0 Å². The Morgan fingerprint density at radius 3 is 2.28 bits per heavy atom. The Morgan fingerprint density at radius 1 is 1.03 bits per heavy atom. The van der Waals surface area contributed by atoms with Crippen LogP contribution in [0.25, 0.3) is 10.2 Å². The molecule has 0 spiro atoms. The molecule has 1 aromatic heterocycles.